The number of nitrogens with one attached hydrogen (secondary N) is 4. The maximum atomic E-state index is 12.6. The largest absolute Gasteiger partial charge is 0.619 e. The van der Waals surface area contributed by atoms with E-state index in [1.54, 1.807) is 47.4 Å². The van der Waals surface area contributed by atoms with Crippen LogP contribution in [0.5, 0.6) is 0 Å². The lowest BCUT2D eigenvalue weighted by molar-refractivity contribution is -0.604. The van der Waals surface area contributed by atoms with Crippen LogP contribution >= 0.6 is 11.6 Å². The third kappa shape index (κ3) is 6.20. The summed E-state index contributed by atoms with van der Waals surface area (Å²) in [6.45, 7) is 2.80. The van der Waals surface area contributed by atoms with Crippen LogP contribution in [-0.4, -0.2) is 37.7 Å². The molecule has 1 saturated heterocycles. The van der Waals surface area contributed by atoms with E-state index in [4.69, 9.17) is 16.3 Å². The van der Waals surface area contributed by atoms with Gasteiger partial charge in [-0.25, -0.2) is 9.59 Å². The highest BCUT2D eigenvalue weighted by atomic mass is 35.5. The van der Waals surface area contributed by atoms with Gasteiger partial charge in [-0.1, -0.05) is 11.6 Å². The molecule has 186 valence electrons. The fraction of sp³-hybridized carbons (Fsp3) is 0.167. The number of morpholine rings is 1. The van der Waals surface area contributed by atoms with Crippen LogP contribution in [0.15, 0.2) is 60.9 Å². The Bertz CT molecular complexity index is 1300. The summed E-state index contributed by atoms with van der Waals surface area (Å²) in [5, 5.41) is 22.8. The van der Waals surface area contributed by atoms with Crippen LogP contribution in [0.4, 0.5) is 38.0 Å². The number of ether oxygens (including phenoxy) is 1. The number of carbonyl (C=O) groups is 3. The van der Waals surface area contributed by atoms with Crippen molar-refractivity contribution in [3.05, 3.63) is 76.7 Å². The molecule has 0 bridgehead atoms. The Balaban J connectivity index is 1.41. The molecule has 36 heavy (non-hydrogen) atoms. The SMILES string of the molecule is Cc1cc(NC(=O)Nc2cc[n+]([O-])cc2NC(=O)Nc2ccc(Cl)cc2)ccc1N1CCOCC1=O. The lowest BCUT2D eigenvalue weighted by Gasteiger charge is -2.28. The van der Waals surface area contributed by atoms with Crippen LogP contribution in [0.2, 0.25) is 5.02 Å². The number of halogens is 1. The molecule has 0 atom stereocenters. The number of amides is 5. The van der Waals surface area contributed by atoms with Gasteiger partial charge in [0.1, 0.15) is 12.3 Å². The maximum Gasteiger partial charge on any atom is 0.323 e. The Labute approximate surface area is 211 Å². The molecule has 0 saturated carbocycles. The van der Waals surface area contributed by atoms with Crippen LogP contribution < -0.4 is 30.9 Å². The molecular formula is C24H23ClN6O5. The van der Waals surface area contributed by atoms with E-state index in [1.807, 2.05) is 6.92 Å². The number of rotatable bonds is 5. The fourth-order valence-corrected chi connectivity index (χ4v) is 3.72. The molecule has 1 aromatic heterocycles. The first-order valence-corrected chi connectivity index (χ1v) is 11.3. The number of aromatic nitrogens is 1. The molecule has 2 aromatic carbocycles. The third-order valence-corrected chi connectivity index (χ3v) is 5.52. The predicted molar refractivity (Wildman–Crippen MR) is 136 cm³/mol. The fourth-order valence-electron chi connectivity index (χ4n) is 3.60. The van der Waals surface area contributed by atoms with Gasteiger partial charge < -0.3 is 36.1 Å². The van der Waals surface area contributed by atoms with Crippen LogP contribution in [-0.2, 0) is 9.53 Å². The lowest BCUT2D eigenvalue weighted by atomic mass is 10.1. The van der Waals surface area contributed by atoms with E-state index in [0.29, 0.717) is 34.3 Å². The summed E-state index contributed by atoms with van der Waals surface area (Å²) in [7, 11) is 0. The number of benzene rings is 2. The van der Waals surface area contributed by atoms with Gasteiger partial charge in [0.25, 0.3) is 5.91 Å². The van der Waals surface area contributed by atoms with Gasteiger partial charge in [0, 0.05) is 34.7 Å². The van der Waals surface area contributed by atoms with Crippen molar-refractivity contribution >= 4 is 58.0 Å². The van der Waals surface area contributed by atoms with Crippen LogP contribution in [0, 0.1) is 12.1 Å². The van der Waals surface area contributed by atoms with Crippen LogP contribution in [0.1, 0.15) is 5.56 Å². The minimum absolute atomic E-state index is 0.0381. The monoisotopic (exact) mass is 510 g/mol. The molecule has 1 aliphatic heterocycles. The van der Waals surface area contributed by atoms with E-state index in [2.05, 4.69) is 21.3 Å². The minimum atomic E-state index is -0.615. The van der Waals surface area contributed by atoms with Crippen LogP contribution in [0.3, 0.4) is 0 Å². The molecule has 12 heteroatoms. The van der Waals surface area contributed by atoms with Gasteiger partial charge in [0.15, 0.2) is 6.20 Å². The van der Waals surface area contributed by atoms with Crippen molar-refractivity contribution in [1.29, 1.82) is 0 Å². The maximum absolute atomic E-state index is 12.6. The molecule has 0 radical (unpaired) electrons. The van der Waals surface area contributed by atoms with Crippen LogP contribution in [0.25, 0.3) is 0 Å². The topological polar surface area (TPSA) is 139 Å². The molecular weight excluding hydrogens is 488 g/mol. The van der Waals surface area contributed by atoms with Gasteiger partial charge in [-0.15, -0.1) is 0 Å². The number of pyridine rings is 1. The van der Waals surface area contributed by atoms with E-state index in [9.17, 15) is 19.6 Å². The number of nitrogens with zero attached hydrogens (tertiary/aromatic N) is 2. The molecule has 0 aliphatic carbocycles. The number of urea groups is 2. The summed E-state index contributed by atoms with van der Waals surface area (Å²) in [4.78, 5) is 38.8. The Morgan fingerprint density at radius 2 is 1.64 bits per heavy atom. The van der Waals surface area contributed by atoms with Gasteiger partial charge in [-0.3, -0.25) is 4.79 Å². The number of hydrogen-bond acceptors (Lipinski definition) is 5. The van der Waals surface area contributed by atoms with Crippen molar-refractivity contribution in [3.63, 3.8) is 0 Å². The molecule has 4 N–H and O–H groups in total. The van der Waals surface area contributed by atoms with Crippen molar-refractivity contribution in [1.82, 2.24) is 0 Å². The molecule has 4 rings (SSSR count). The zero-order valence-corrected chi connectivity index (χ0v) is 20.0. The van der Waals surface area contributed by atoms with Gasteiger partial charge >= 0.3 is 12.1 Å². The Hall–Kier alpha value is -4.35. The Morgan fingerprint density at radius 3 is 2.33 bits per heavy atom. The zero-order chi connectivity index (χ0) is 25.7. The summed E-state index contributed by atoms with van der Waals surface area (Å²) in [6.07, 6.45) is 2.31. The predicted octanol–water partition coefficient (Wildman–Crippen LogP) is 3.93. The van der Waals surface area contributed by atoms with E-state index in [1.165, 1.54) is 12.3 Å². The van der Waals surface area contributed by atoms with Crippen molar-refractivity contribution in [2.75, 3.05) is 45.9 Å². The molecule has 3 aromatic rings. The molecule has 11 nitrogen and oxygen atoms in total. The number of carbonyl (C=O) groups excluding carboxylic acids is 3. The smallest absolute Gasteiger partial charge is 0.323 e. The quantitative estimate of drug-likeness (QED) is 0.304. The van der Waals surface area contributed by atoms with Crippen molar-refractivity contribution in [2.45, 2.75) is 6.92 Å². The van der Waals surface area contributed by atoms with Crippen molar-refractivity contribution in [3.8, 4) is 0 Å². The van der Waals surface area contributed by atoms with Gasteiger partial charge in [0.05, 0.1) is 12.3 Å². The summed E-state index contributed by atoms with van der Waals surface area (Å²) < 4.78 is 5.66. The second-order valence-electron chi connectivity index (χ2n) is 7.90. The Morgan fingerprint density at radius 1 is 0.972 bits per heavy atom. The molecule has 2 heterocycles. The van der Waals surface area contributed by atoms with E-state index < -0.39 is 12.1 Å². The summed E-state index contributed by atoms with van der Waals surface area (Å²) in [5.41, 5.74) is 2.84. The summed E-state index contributed by atoms with van der Waals surface area (Å²) in [6, 6.07) is 11.8. The van der Waals surface area contributed by atoms with Gasteiger partial charge in [-0.2, -0.15) is 4.73 Å². The average molecular weight is 511 g/mol. The molecule has 5 amide bonds. The highest BCUT2D eigenvalue weighted by Gasteiger charge is 2.22. The lowest BCUT2D eigenvalue weighted by Crippen LogP contribution is -2.42. The summed E-state index contributed by atoms with van der Waals surface area (Å²) in [5.74, 6) is -0.123. The molecule has 1 aliphatic rings. The number of hydrogen-bond donors (Lipinski definition) is 4. The molecule has 0 unspecified atom stereocenters. The standard InChI is InChI=1S/C24H23ClN6O5/c1-15-12-18(6-7-21(15)31-10-11-36-14-22(31)32)27-24(34)28-19-8-9-30(35)13-20(19)29-23(33)26-17-4-2-16(25)3-5-17/h2-9,12-13H,10-11,14H2,1H3,(H2,26,29,33)(H2,27,28,34). The van der Waals surface area contributed by atoms with Gasteiger partial charge in [-0.05, 0) is 55.0 Å². The first kappa shape index (κ1) is 24.8. The molecule has 0 spiro atoms. The third-order valence-electron chi connectivity index (χ3n) is 5.26. The second-order valence-corrected chi connectivity index (χ2v) is 8.33. The van der Waals surface area contributed by atoms with Crippen molar-refractivity contribution in [2.24, 2.45) is 0 Å². The van der Waals surface area contributed by atoms with Crippen molar-refractivity contribution < 1.29 is 23.9 Å². The Kier molecular flexibility index (Phi) is 7.52. The highest BCUT2D eigenvalue weighted by molar-refractivity contribution is 6.30. The average Bonchev–Trinajstić information content (AvgIpc) is 2.83. The van der Waals surface area contributed by atoms with Gasteiger partial charge in [0.2, 0.25) is 6.20 Å². The highest BCUT2D eigenvalue weighted by Crippen LogP contribution is 2.26. The first-order valence-electron chi connectivity index (χ1n) is 10.9. The minimum Gasteiger partial charge on any atom is -0.619 e. The van der Waals surface area contributed by atoms with E-state index >= 15 is 0 Å². The number of anilines is 5. The van der Waals surface area contributed by atoms with E-state index in [0.717, 1.165) is 17.4 Å². The number of aryl methyl sites for hydroxylation is 1. The molecule has 1 fully saturated rings. The summed E-state index contributed by atoms with van der Waals surface area (Å²) >= 11 is 5.85. The zero-order valence-electron chi connectivity index (χ0n) is 19.2. The first-order chi connectivity index (χ1) is 17.3. The normalized spacial score (nSPS) is 13.2. The second kappa shape index (κ2) is 10.9. The van der Waals surface area contributed by atoms with E-state index in [-0.39, 0.29) is 23.9 Å².